The van der Waals surface area contributed by atoms with Crippen LogP contribution in [0.2, 0.25) is 0 Å². The first-order valence-electron chi connectivity index (χ1n) is 8.02. The molecule has 2 N–H and O–H groups in total. The van der Waals surface area contributed by atoms with E-state index < -0.39 is 6.04 Å². The number of nitrogens with one attached hydrogen (secondary N) is 2. The highest BCUT2D eigenvalue weighted by Gasteiger charge is 2.15. The van der Waals surface area contributed by atoms with Gasteiger partial charge in [-0.1, -0.05) is 0 Å². The van der Waals surface area contributed by atoms with Gasteiger partial charge in [-0.05, 0) is 50.2 Å². The number of rotatable bonds is 5. The predicted molar refractivity (Wildman–Crippen MR) is 96.7 cm³/mol. The number of anilines is 2. The SMILES string of the molecule is Cc1ccc(C(=O)Nc2ccc(NC(=O)C(C)n3cncn3)cc2)cn1. The van der Waals surface area contributed by atoms with E-state index in [9.17, 15) is 9.59 Å². The van der Waals surface area contributed by atoms with Gasteiger partial charge >= 0.3 is 0 Å². The summed E-state index contributed by atoms with van der Waals surface area (Å²) in [5, 5.41) is 9.54. The van der Waals surface area contributed by atoms with Crippen LogP contribution in [-0.4, -0.2) is 31.6 Å². The lowest BCUT2D eigenvalue weighted by atomic mass is 10.2. The summed E-state index contributed by atoms with van der Waals surface area (Å²) in [5.41, 5.74) is 2.58. The maximum absolute atomic E-state index is 12.2. The lowest BCUT2D eigenvalue weighted by Crippen LogP contribution is -2.24. The molecule has 0 aliphatic rings. The van der Waals surface area contributed by atoms with Gasteiger partial charge in [0.25, 0.3) is 5.91 Å². The lowest BCUT2D eigenvalue weighted by Gasteiger charge is -2.12. The molecule has 2 aromatic heterocycles. The number of pyridine rings is 1. The maximum atomic E-state index is 12.2. The molecule has 2 amide bonds. The molecule has 0 aliphatic heterocycles. The molecule has 0 radical (unpaired) electrons. The highest BCUT2D eigenvalue weighted by molar-refractivity contribution is 6.04. The zero-order valence-corrected chi connectivity index (χ0v) is 14.4. The second-order valence-corrected chi connectivity index (χ2v) is 5.76. The predicted octanol–water partition coefficient (Wildman–Crippen LogP) is 2.43. The topological polar surface area (TPSA) is 102 Å². The fourth-order valence-electron chi connectivity index (χ4n) is 2.23. The minimum Gasteiger partial charge on any atom is -0.324 e. The van der Waals surface area contributed by atoms with Gasteiger partial charge in [-0.2, -0.15) is 5.10 Å². The zero-order chi connectivity index (χ0) is 18.5. The molecule has 8 heteroatoms. The summed E-state index contributed by atoms with van der Waals surface area (Å²) < 4.78 is 1.47. The minimum absolute atomic E-state index is 0.210. The quantitative estimate of drug-likeness (QED) is 0.736. The standard InChI is InChI=1S/C18H18N6O2/c1-12-3-4-14(9-20-12)18(26)23-16-7-5-15(6-8-16)22-17(25)13(2)24-11-19-10-21-24/h3-11,13H,1-2H3,(H,22,25)(H,23,26). The van der Waals surface area contributed by atoms with Crippen molar-refractivity contribution in [1.82, 2.24) is 19.7 Å². The van der Waals surface area contributed by atoms with Gasteiger partial charge in [0.2, 0.25) is 5.91 Å². The molecular formula is C18H18N6O2. The molecular weight excluding hydrogens is 332 g/mol. The van der Waals surface area contributed by atoms with Crippen molar-refractivity contribution < 1.29 is 9.59 Å². The van der Waals surface area contributed by atoms with Crippen molar-refractivity contribution in [3.05, 3.63) is 66.5 Å². The van der Waals surface area contributed by atoms with Crippen LogP contribution in [0, 0.1) is 6.92 Å². The van der Waals surface area contributed by atoms with E-state index in [0.29, 0.717) is 16.9 Å². The number of hydrogen-bond donors (Lipinski definition) is 2. The number of amides is 2. The van der Waals surface area contributed by atoms with Crippen molar-refractivity contribution in [3.63, 3.8) is 0 Å². The molecule has 0 fully saturated rings. The zero-order valence-electron chi connectivity index (χ0n) is 14.4. The Morgan fingerprint density at radius 2 is 1.73 bits per heavy atom. The summed E-state index contributed by atoms with van der Waals surface area (Å²) in [6, 6.07) is 9.89. The summed E-state index contributed by atoms with van der Waals surface area (Å²) in [7, 11) is 0. The third-order valence-electron chi connectivity index (χ3n) is 3.80. The number of benzene rings is 1. The number of carbonyl (C=O) groups is 2. The fraction of sp³-hybridized carbons (Fsp3) is 0.167. The maximum Gasteiger partial charge on any atom is 0.257 e. The molecule has 132 valence electrons. The van der Waals surface area contributed by atoms with Crippen LogP contribution >= 0.6 is 0 Å². The smallest absolute Gasteiger partial charge is 0.257 e. The second-order valence-electron chi connectivity index (χ2n) is 5.76. The van der Waals surface area contributed by atoms with Crippen LogP contribution in [0.1, 0.15) is 29.0 Å². The molecule has 0 spiro atoms. The highest BCUT2D eigenvalue weighted by Crippen LogP contribution is 2.16. The summed E-state index contributed by atoms with van der Waals surface area (Å²) in [5.74, 6) is -0.452. The number of hydrogen-bond acceptors (Lipinski definition) is 5. The van der Waals surface area contributed by atoms with Gasteiger partial charge in [0.1, 0.15) is 18.7 Å². The lowest BCUT2D eigenvalue weighted by molar-refractivity contribution is -0.119. The van der Waals surface area contributed by atoms with Gasteiger partial charge in [0, 0.05) is 23.3 Å². The van der Waals surface area contributed by atoms with Gasteiger partial charge in [-0.3, -0.25) is 14.6 Å². The van der Waals surface area contributed by atoms with E-state index in [4.69, 9.17) is 0 Å². The summed E-state index contributed by atoms with van der Waals surface area (Å²) in [4.78, 5) is 32.3. The first kappa shape index (κ1) is 17.3. The van der Waals surface area contributed by atoms with E-state index >= 15 is 0 Å². The molecule has 1 unspecified atom stereocenters. The first-order chi connectivity index (χ1) is 12.5. The van der Waals surface area contributed by atoms with E-state index in [-0.39, 0.29) is 11.8 Å². The molecule has 1 atom stereocenters. The molecule has 0 saturated heterocycles. The minimum atomic E-state index is -0.481. The highest BCUT2D eigenvalue weighted by atomic mass is 16.2. The molecule has 0 aliphatic carbocycles. The number of aryl methyl sites for hydroxylation is 1. The molecule has 26 heavy (non-hydrogen) atoms. The number of nitrogens with zero attached hydrogens (tertiary/aromatic N) is 4. The van der Waals surface area contributed by atoms with Crippen molar-refractivity contribution in [2.75, 3.05) is 10.6 Å². The molecule has 2 heterocycles. The van der Waals surface area contributed by atoms with Crippen LogP contribution in [0.25, 0.3) is 0 Å². The van der Waals surface area contributed by atoms with Gasteiger partial charge in [0.15, 0.2) is 0 Å². The average molecular weight is 350 g/mol. The molecule has 3 rings (SSSR count). The van der Waals surface area contributed by atoms with Crippen LogP contribution < -0.4 is 10.6 Å². The number of carbonyl (C=O) groups excluding carboxylic acids is 2. The second kappa shape index (κ2) is 7.56. The van der Waals surface area contributed by atoms with Gasteiger partial charge in [-0.15, -0.1) is 0 Å². The van der Waals surface area contributed by atoms with E-state index in [0.717, 1.165) is 5.69 Å². The molecule has 0 bridgehead atoms. The van der Waals surface area contributed by atoms with Crippen molar-refractivity contribution in [3.8, 4) is 0 Å². The van der Waals surface area contributed by atoms with Crippen LogP contribution in [-0.2, 0) is 4.79 Å². The largest absolute Gasteiger partial charge is 0.324 e. The van der Waals surface area contributed by atoms with Crippen molar-refractivity contribution in [2.24, 2.45) is 0 Å². The van der Waals surface area contributed by atoms with E-state index in [1.807, 2.05) is 6.92 Å². The van der Waals surface area contributed by atoms with Crippen LogP contribution in [0.15, 0.2) is 55.2 Å². The summed E-state index contributed by atoms with van der Waals surface area (Å²) in [6.07, 6.45) is 4.40. The Kier molecular flexibility index (Phi) is 5.02. The van der Waals surface area contributed by atoms with Crippen molar-refractivity contribution >= 4 is 23.2 Å². The van der Waals surface area contributed by atoms with Crippen LogP contribution in [0.5, 0.6) is 0 Å². The Hall–Kier alpha value is -3.55. The van der Waals surface area contributed by atoms with Crippen LogP contribution in [0.4, 0.5) is 11.4 Å². The van der Waals surface area contributed by atoms with E-state index in [1.165, 1.54) is 23.5 Å². The van der Waals surface area contributed by atoms with Gasteiger partial charge < -0.3 is 10.6 Å². The Bertz CT molecular complexity index is 888. The average Bonchev–Trinajstić information content (AvgIpc) is 3.18. The van der Waals surface area contributed by atoms with Crippen molar-refractivity contribution in [2.45, 2.75) is 19.9 Å². The van der Waals surface area contributed by atoms with Crippen molar-refractivity contribution in [1.29, 1.82) is 0 Å². The third kappa shape index (κ3) is 4.10. The Labute approximate surface area is 150 Å². The summed E-state index contributed by atoms with van der Waals surface area (Å²) >= 11 is 0. The van der Waals surface area contributed by atoms with E-state index in [1.54, 1.807) is 43.3 Å². The van der Waals surface area contributed by atoms with Crippen LogP contribution in [0.3, 0.4) is 0 Å². The first-order valence-corrected chi connectivity index (χ1v) is 8.02. The Balaban J connectivity index is 1.60. The Morgan fingerprint density at radius 1 is 1.04 bits per heavy atom. The third-order valence-corrected chi connectivity index (χ3v) is 3.80. The number of aromatic nitrogens is 4. The monoisotopic (exact) mass is 350 g/mol. The molecule has 8 nitrogen and oxygen atoms in total. The fourth-order valence-corrected chi connectivity index (χ4v) is 2.23. The Morgan fingerprint density at radius 3 is 2.31 bits per heavy atom. The molecule has 0 saturated carbocycles. The molecule has 1 aromatic carbocycles. The summed E-state index contributed by atoms with van der Waals surface area (Å²) in [6.45, 7) is 3.59. The van der Waals surface area contributed by atoms with E-state index in [2.05, 4.69) is 25.7 Å². The van der Waals surface area contributed by atoms with Gasteiger partial charge in [-0.25, -0.2) is 9.67 Å². The van der Waals surface area contributed by atoms with Gasteiger partial charge in [0.05, 0.1) is 5.56 Å². The molecule has 3 aromatic rings. The normalized spacial score (nSPS) is 11.6.